The summed E-state index contributed by atoms with van der Waals surface area (Å²) in [6.07, 6.45) is -0.877. The monoisotopic (exact) mass is 523 g/mol. The van der Waals surface area contributed by atoms with Crippen molar-refractivity contribution in [3.63, 3.8) is 0 Å². The number of nitrogens with one attached hydrogen (secondary N) is 1. The normalized spacial score (nSPS) is 23.4. The number of hydrogen-bond acceptors (Lipinski definition) is 6. The van der Waals surface area contributed by atoms with Crippen LogP contribution in [0.5, 0.6) is 0 Å². The molecule has 0 radical (unpaired) electrons. The van der Waals surface area contributed by atoms with Gasteiger partial charge in [-0.1, -0.05) is 0 Å². The van der Waals surface area contributed by atoms with Crippen molar-refractivity contribution in [3.05, 3.63) is 53.6 Å². The van der Waals surface area contributed by atoms with Crippen molar-refractivity contribution in [2.24, 2.45) is 11.8 Å². The molecule has 0 spiro atoms. The summed E-state index contributed by atoms with van der Waals surface area (Å²) in [6, 6.07) is 4.78. The number of aryl methyl sites for hydroxylation is 1. The number of hydrogen-bond donors (Lipinski definition) is 1. The second-order valence-electron chi connectivity index (χ2n) is 9.73. The minimum atomic E-state index is -4.50. The molecule has 2 aromatic heterocycles. The fourth-order valence-electron chi connectivity index (χ4n) is 5.76. The van der Waals surface area contributed by atoms with Gasteiger partial charge in [0.25, 0.3) is 0 Å². The quantitative estimate of drug-likeness (QED) is 0.385. The van der Waals surface area contributed by atoms with Crippen LogP contribution in [0.1, 0.15) is 25.0 Å². The van der Waals surface area contributed by atoms with Gasteiger partial charge in [-0.15, -0.1) is 5.10 Å². The molecule has 4 heterocycles. The molecule has 3 aliphatic rings. The molecule has 1 unspecified atom stereocenters. The molecule has 1 aromatic carbocycles. The highest BCUT2D eigenvalue weighted by molar-refractivity contribution is 5.60. The van der Waals surface area contributed by atoms with E-state index in [1.165, 1.54) is 17.2 Å². The number of rotatable bonds is 4. The molecule has 1 N–H and O–H groups in total. The number of anilines is 4. The summed E-state index contributed by atoms with van der Waals surface area (Å²) in [7, 11) is 0. The maximum atomic E-state index is 14.5. The number of fused-ring (bicyclic) bond motifs is 3. The van der Waals surface area contributed by atoms with E-state index in [1.807, 2.05) is 4.90 Å². The van der Waals surface area contributed by atoms with Crippen molar-refractivity contribution >= 4 is 23.3 Å². The minimum Gasteiger partial charge on any atom is -0.371 e. The van der Waals surface area contributed by atoms with Gasteiger partial charge in [0.15, 0.2) is 17.5 Å². The third-order valence-corrected chi connectivity index (χ3v) is 7.48. The molecule has 2 bridgehead atoms. The molecule has 2 aliphatic heterocycles. The van der Waals surface area contributed by atoms with E-state index in [0.29, 0.717) is 50.2 Å². The Hall–Kier alpha value is -3.51. The number of halogens is 6. The van der Waals surface area contributed by atoms with Gasteiger partial charge >= 0.3 is 6.18 Å². The van der Waals surface area contributed by atoms with Gasteiger partial charge in [-0.05, 0) is 55.4 Å². The number of piperidine rings is 1. The molecule has 37 heavy (non-hydrogen) atoms. The van der Waals surface area contributed by atoms with E-state index >= 15 is 0 Å². The summed E-state index contributed by atoms with van der Waals surface area (Å²) < 4.78 is 82.8. The van der Waals surface area contributed by atoms with Crippen molar-refractivity contribution in [2.45, 2.75) is 38.0 Å². The van der Waals surface area contributed by atoms with Gasteiger partial charge in [-0.3, -0.25) is 4.98 Å². The Labute approximate surface area is 208 Å². The van der Waals surface area contributed by atoms with E-state index in [9.17, 15) is 26.3 Å². The minimum absolute atomic E-state index is 0.0260. The number of alkyl halides is 3. The Bertz CT molecular complexity index is 1310. The van der Waals surface area contributed by atoms with Crippen LogP contribution >= 0.6 is 0 Å². The molecule has 196 valence electrons. The zero-order chi connectivity index (χ0) is 25.9. The predicted octanol–water partition coefficient (Wildman–Crippen LogP) is 4.98. The van der Waals surface area contributed by atoms with Crippen LogP contribution in [0.15, 0.2) is 30.5 Å². The van der Waals surface area contributed by atoms with Gasteiger partial charge in [-0.25, -0.2) is 17.9 Å². The van der Waals surface area contributed by atoms with Gasteiger partial charge in [-0.2, -0.15) is 18.2 Å². The lowest BCUT2D eigenvalue weighted by Crippen LogP contribution is -2.48. The fourth-order valence-corrected chi connectivity index (χ4v) is 5.76. The van der Waals surface area contributed by atoms with Crippen molar-refractivity contribution in [3.8, 4) is 0 Å². The molecule has 2 fully saturated rings. The van der Waals surface area contributed by atoms with E-state index in [1.54, 1.807) is 10.7 Å². The van der Waals surface area contributed by atoms with Crippen molar-refractivity contribution in [1.29, 1.82) is 0 Å². The molecule has 1 aliphatic carbocycles. The lowest BCUT2D eigenvalue weighted by Gasteiger charge is -2.39. The maximum absolute atomic E-state index is 14.5. The molecule has 6 rings (SSSR count). The van der Waals surface area contributed by atoms with E-state index in [4.69, 9.17) is 0 Å². The molecule has 3 aromatic rings. The number of aromatic nitrogens is 4. The highest BCUT2D eigenvalue weighted by atomic mass is 19.4. The highest BCUT2D eigenvalue weighted by Gasteiger charge is 2.43. The largest absolute Gasteiger partial charge is 0.433 e. The van der Waals surface area contributed by atoms with Crippen LogP contribution in [-0.4, -0.2) is 45.4 Å². The third kappa shape index (κ3) is 4.23. The van der Waals surface area contributed by atoms with Gasteiger partial charge in [0.1, 0.15) is 5.69 Å². The maximum Gasteiger partial charge on any atom is 0.433 e. The third-order valence-electron chi connectivity index (χ3n) is 7.48. The first kappa shape index (κ1) is 23.9. The SMILES string of the molecule is Fc1ccc(N2CCCn3nc(N[C@@H]4C5CC[C@H]4CN(c4ccnc(C(F)(F)F)c4)C5)nc32)c(F)c1F. The van der Waals surface area contributed by atoms with Crippen LogP contribution < -0.4 is 15.1 Å². The average Bonchev–Trinajstić information content (AvgIpc) is 3.38. The number of benzene rings is 1. The second-order valence-corrected chi connectivity index (χ2v) is 9.73. The summed E-state index contributed by atoms with van der Waals surface area (Å²) in [6.45, 7) is 2.07. The zero-order valence-corrected chi connectivity index (χ0v) is 19.5. The molecule has 0 amide bonds. The number of nitrogens with zero attached hydrogens (tertiary/aromatic N) is 6. The molecule has 1 saturated heterocycles. The lowest BCUT2D eigenvalue weighted by atomic mass is 9.92. The highest BCUT2D eigenvalue weighted by Crippen LogP contribution is 2.41. The summed E-state index contributed by atoms with van der Waals surface area (Å²) in [5, 5.41) is 7.92. The van der Waals surface area contributed by atoms with Gasteiger partial charge in [0.2, 0.25) is 11.9 Å². The van der Waals surface area contributed by atoms with Crippen LogP contribution in [0, 0.1) is 29.3 Å². The van der Waals surface area contributed by atoms with Crippen molar-refractivity contribution in [2.75, 3.05) is 34.8 Å². The summed E-state index contributed by atoms with van der Waals surface area (Å²) >= 11 is 0. The first-order valence-electron chi connectivity index (χ1n) is 12.1. The standard InChI is InChI=1S/C24H23F6N7/c25-16-4-5-17(20(27)19(16)26)36-8-1-9-37-23(36)33-22(34-37)32-21-13-2-3-14(21)12-35(11-13)15-6-7-31-18(10-15)24(28,29)30/h4-7,10,13-14,21H,1-3,8-9,11-12H2,(H,32,34)/t13-,14?,21-/m0/s1. The Kier molecular flexibility index (Phi) is 5.68. The zero-order valence-electron chi connectivity index (χ0n) is 19.5. The molecule has 1 saturated carbocycles. The Balaban J connectivity index is 1.20. The van der Waals surface area contributed by atoms with Crippen LogP contribution in [0.2, 0.25) is 0 Å². The topological polar surface area (TPSA) is 62.1 Å². The molecule has 7 nitrogen and oxygen atoms in total. The van der Waals surface area contributed by atoms with E-state index in [0.717, 1.165) is 25.0 Å². The Morgan fingerprint density at radius 3 is 2.43 bits per heavy atom. The summed E-state index contributed by atoms with van der Waals surface area (Å²) in [5.41, 5.74) is -0.521. The molecular weight excluding hydrogens is 500 g/mol. The molecule has 13 heteroatoms. The smallest absolute Gasteiger partial charge is 0.371 e. The summed E-state index contributed by atoms with van der Waals surface area (Å²) in [5.74, 6) is -3.05. The first-order chi connectivity index (χ1) is 17.7. The van der Waals surface area contributed by atoms with E-state index in [2.05, 4.69) is 20.4 Å². The average molecular weight is 523 g/mol. The molecule has 3 atom stereocenters. The molecular formula is C24H23F6N7. The number of pyridine rings is 1. The predicted molar refractivity (Wildman–Crippen MR) is 123 cm³/mol. The first-order valence-corrected chi connectivity index (χ1v) is 12.1. The van der Waals surface area contributed by atoms with E-state index in [-0.39, 0.29) is 23.6 Å². The van der Waals surface area contributed by atoms with Gasteiger partial charge in [0.05, 0.1) is 5.69 Å². The summed E-state index contributed by atoms with van der Waals surface area (Å²) in [4.78, 5) is 11.5. The van der Waals surface area contributed by atoms with Crippen molar-refractivity contribution < 1.29 is 26.3 Å². The van der Waals surface area contributed by atoms with Crippen molar-refractivity contribution in [1.82, 2.24) is 19.7 Å². The van der Waals surface area contributed by atoms with Crippen LogP contribution in [0.4, 0.5) is 49.6 Å². The van der Waals surface area contributed by atoms with Crippen LogP contribution in [0.25, 0.3) is 0 Å². The Morgan fingerprint density at radius 2 is 1.70 bits per heavy atom. The Morgan fingerprint density at radius 1 is 0.946 bits per heavy atom. The van der Waals surface area contributed by atoms with Crippen LogP contribution in [-0.2, 0) is 12.7 Å². The lowest BCUT2D eigenvalue weighted by molar-refractivity contribution is -0.141. The van der Waals surface area contributed by atoms with E-state index < -0.39 is 29.3 Å². The second kappa shape index (κ2) is 8.80. The fraction of sp³-hybridized carbons (Fsp3) is 0.458. The van der Waals surface area contributed by atoms with Gasteiger partial charge < -0.3 is 15.1 Å². The van der Waals surface area contributed by atoms with Crippen LogP contribution in [0.3, 0.4) is 0 Å². The van der Waals surface area contributed by atoms with Gasteiger partial charge in [0, 0.05) is 44.1 Å².